The summed E-state index contributed by atoms with van der Waals surface area (Å²) in [5.74, 6) is -1.83. The molecule has 1 amide bonds. The third kappa shape index (κ3) is 4.03. The molecular weight excluding hydrogens is 398 g/mol. The lowest BCUT2D eigenvalue weighted by atomic mass is 9.99. The Kier molecular flexibility index (Phi) is 5.50. The Labute approximate surface area is 178 Å². The van der Waals surface area contributed by atoms with Crippen molar-refractivity contribution in [2.24, 2.45) is 0 Å². The van der Waals surface area contributed by atoms with Gasteiger partial charge in [0.15, 0.2) is 5.65 Å². The van der Waals surface area contributed by atoms with E-state index < -0.39 is 11.6 Å². The van der Waals surface area contributed by atoms with Crippen molar-refractivity contribution in [3.63, 3.8) is 0 Å². The Morgan fingerprint density at radius 3 is 2.48 bits per heavy atom. The van der Waals surface area contributed by atoms with Gasteiger partial charge in [0.05, 0.1) is 17.1 Å². The van der Waals surface area contributed by atoms with Crippen LogP contribution >= 0.6 is 0 Å². The lowest BCUT2D eigenvalue weighted by Gasteiger charge is -2.12. The van der Waals surface area contributed by atoms with Crippen molar-refractivity contribution >= 4 is 22.6 Å². The van der Waals surface area contributed by atoms with Gasteiger partial charge in [0.1, 0.15) is 11.6 Å². The van der Waals surface area contributed by atoms with Gasteiger partial charge in [0.25, 0.3) is 0 Å². The number of nitrogens with zero attached hydrogens (tertiary/aromatic N) is 3. The number of carbonyl (C=O) groups is 1. The number of anilines is 1. The summed E-state index contributed by atoms with van der Waals surface area (Å²) in [5, 5.41) is 8.14. The standard InChI is InChI=1S/C24H22F2N4O/c1-14-19(10-12-22(31)28-21-11-9-17(25)13-20(21)26)15(2)27-24-23(14)16(3)29-30(24)18-7-5-4-6-8-18/h4-9,11,13H,10,12H2,1-3H3,(H,28,31). The molecule has 0 saturated carbocycles. The number of carbonyl (C=O) groups excluding carboxylic acids is 1. The third-order valence-corrected chi connectivity index (χ3v) is 5.38. The Morgan fingerprint density at radius 2 is 1.77 bits per heavy atom. The van der Waals surface area contributed by atoms with Crippen molar-refractivity contribution in [3.05, 3.63) is 82.7 Å². The number of para-hydroxylation sites is 1. The molecule has 4 rings (SSSR count). The Bertz CT molecular complexity index is 1280. The summed E-state index contributed by atoms with van der Waals surface area (Å²) in [7, 11) is 0. The summed E-state index contributed by atoms with van der Waals surface area (Å²) < 4.78 is 28.7. The second kappa shape index (κ2) is 8.26. The second-order valence-corrected chi connectivity index (χ2v) is 7.50. The first kappa shape index (κ1) is 20.7. The normalized spacial score (nSPS) is 11.1. The van der Waals surface area contributed by atoms with Crippen LogP contribution in [0, 0.1) is 32.4 Å². The zero-order chi connectivity index (χ0) is 22.1. The number of rotatable bonds is 5. The van der Waals surface area contributed by atoms with Crippen LogP contribution in [0.15, 0.2) is 48.5 Å². The summed E-state index contributed by atoms with van der Waals surface area (Å²) in [6, 6.07) is 12.9. The number of aryl methyl sites for hydroxylation is 3. The van der Waals surface area contributed by atoms with E-state index in [2.05, 4.69) is 10.4 Å². The monoisotopic (exact) mass is 420 g/mol. The highest BCUT2D eigenvalue weighted by Gasteiger charge is 2.18. The Hall–Kier alpha value is -3.61. The van der Waals surface area contributed by atoms with Crippen molar-refractivity contribution < 1.29 is 13.6 Å². The fourth-order valence-corrected chi connectivity index (χ4v) is 3.87. The minimum atomic E-state index is -0.798. The molecule has 2 aromatic carbocycles. The first-order valence-corrected chi connectivity index (χ1v) is 10.0. The second-order valence-electron chi connectivity index (χ2n) is 7.50. The molecule has 0 aliphatic heterocycles. The zero-order valence-corrected chi connectivity index (χ0v) is 17.5. The number of amides is 1. The number of benzene rings is 2. The molecule has 2 aromatic heterocycles. The van der Waals surface area contributed by atoms with E-state index in [-0.39, 0.29) is 18.0 Å². The number of fused-ring (bicyclic) bond motifs is 1. The number of aromatic nitrogens is 3. The van der Waals surface area contributed by atoms with Crippen LogP contribution in [0.25, 0.3) is 16.7 Å². The molecule has 0 atom stereocenters. The van der Waals surface area contributed by atoms with Gasteiger partial charge in [0.2, 0.25) is 5.91 Å². The summed E-state index contributed by atoms with van der Waals surface area (Å²) in [4.78, 5) is 17.1. The Balaban J connectivity index is 1.60. The maximum absolute atomic E-state index is 13.8. The van der Waals surface area contributed by atoms with Gasteiger partial charge >= 0.3 is 0 Å². The lowest BCUT2D eigenvalue weighted by molar-refractivity contribution is -0.116. The van der Waals surface area contributed by atoms with Gasteiger partial charge in [0, 0.05) is 23.6 Å². The molecule has 4 aromatic rings. The number of hydrogen-bond acceptors (Lipinski definition) is 3. The van der Waals surface area contributed by atoms with Crippen LogP contribution in [0.3, 0.4) is 0 Å². The molecule has 0 fully saturated rings. The molecule has 0 unspecified atom stereocenters. The van der Waals surface area contributed by atoms with E-state index in [0.717, 1.165) is 51.4 Å². The molecule has 0 radical (unpaired) electrons. The highest BCUT2D eigenvalue weighted by Crippen LogP contribution is 2.28. The molecule has 0 saturated heterocycles. The number of hydrogen-bond donors (Lipinski definition) is 1. The van der Waals surface area contributed by atoms with Gasteiger partial charge in [-0.2, -0.15) is 5.10 Å². The molecule has 0 aliphatic carbocycles. The van der Waals surface area contributed by atoms with Crippen molar-refractivity contribution in [1.29, 1.82) is 0 Å². The Morgan fingerprint density at radius 1 is 1.03 bits per heavy atom. The molecule has 0 spiro atoms. The van der Waals surface area contributed by atoms with Crippen molar-refractivity contribution in [1.82, 2.24) is 14.8 Å². The van der Waals surface area contributed by atoms with Crippen LogP contribution in [-0.4, -0.2) is 20.7 Å². The zero-order valence-electron chi connectivity index (χ0n) is 17.5. The van der Waals surface area contributed by atoms with Gasteiger partial charge in [-0.05, 0) is 62.6 Å². The topological polar surface area (TPSA) is 59.8 Å². The highest BCUT2D eigenvalue weighted by molar-refractivity contribution is 5.91. The smallest absolute Gasteiger partial charge is 0.224 e. The quantitative estimate of drug-likeness (QED) is 0.483. The molecule has 7 heteroatoms. The van der Waals surface area contributed by atoms with Crippen molar-refractivity contribution in [2.75, 3.05) is 5.32 Å². The number of nitrogens with one attached hydrogen (secondary N) is 1. The highest BCUT2D eigenvalue weighted by atomic mass is 19.1. The van der Waals surface area contributed by atoms with E-state index >= 15 is 0 Å². The largest absolute Gasteiger partial charge is 0.324 e. The molecule has 158 valence electrons. The molecule has 2 heterocycles. The first-order valence-electron chi connectivity index (χ1n) is 10.0. The van der Waals surface area contributed by atoms with E-state index in [9.17, 15) is 13.6 Å². The van der Waals surface area contributed by atoms with Gasteiger partial charge < -0.3 is 5.32 Å². The van der Waals surface area contributed by atoms with E-state index in [1.165, 1.54) is 6.07 Å². The summed E-state index contributed by atoms with van der Waals surface area (Å²) in [5.41, 5.74) is 5.36. The maximum Gasteiger partial charge on any atom is 0.224 e. The van der Waals surface area contributed by atoms with E-state index in [4.69, 9.17) is 4.98 Å². The predicted octanol–water partition coefficient (Wildman–Crippen LogP) is 5.20. The van der Waals surface area contributed by atoms with Crippen LogP contribution in [0.5, 0.6) is 0 Å². The first-order chi connectivity index (χ1) is 14.8. The molecule has 0 aliphatic rings. The van der Waals surface area contributed by atoms with Crippen LogP contribution in [0.1, 0.15) is 28.9 Å². The van der Waals surface area contributed by atoms with E-state index in [1.807, 2.05) is 55.8 Å². The van der Waals surface area contributed by atoms with Gasteiger partial charge in [-0.15, -0.1) is 0 Å². The molecule has 0 bridgehead atoms. The summed E-state index contributed by atoms with van der Waals surface area (Å²) in [6.45, 7) is 5.87. The molecule has 31 heavy (non-hydrogen) atoms. The number of halogens is 2. The molecule has 1 N–H and O–H groups in total. The average molecular weight is 420 g/mol. The van der Waals surface area contributed by atoms with Gasteiger partial charge in [-0.3, -0.25) is 4.79 Å². The lowest BCUT2D eigenvalue weighted by Crippen LogP contribution is -2.14. The summed E-state index contributed by atoms with van der Waals surface area (Å²) >= 11 is 0. The minimum Gasteiger partial charge on any atom is -0.324 e. The fourth-order valence-electron chi connectivity index (χ4n) is 3.87. The van der Waals surface area contributed by atoms with Crippen LogP contribution in [-0.2, 0) is 11.2 Å². The minimum absolute atomic E-state index is 0.0339. The van der Waals surface area contributed by atoms with Crippen LogP contribution in [0.2, 0.25) is 0 Å². The third-order valence-electron chi connectivity index (χ3n) is 5.38. The van der Waals surface area contributed by atoms with Crippen LogP contribution in [0.4, 0.5) is 14.5 Å². The maximum atomic E-state index is 13.8. The van der Waals surface area contributed by atoms with Crippen molar-refractivity contribution in [2.45, 2.75) is 33.6 Å². The van der Waals surface area contributed by atoms with E-state index in [0.29, 0.717) is 6.42 Å². The van der Waals surface area contributed by atoms with Gasteiger partial charge in [-0.25, -0.2) is 18.4 Å². The SMILES string of the molecule is Cc1nc2c(c(C)nn2-c2ccccc2)c(C)c1CCC(=O)Nc1ccc(F)cc1F. The van der Waals surface area contributed by atoms with Crippen molar-refractivity contribution in [3.8, 4) is 5.69 Å². The molecular formula is C24H22F2N4O. The van der Waals surface area contributed by atoms with Gasteiger partial charge in [-0.1, -0.05) is 18.2 Å². The fraction of sp³-hybridized carbons (Fsp3) is 0.208. The molecule has 5 nitrogen and oxygen atoms in total. The summed E-state index contributed by atoms with van der Waals surface area (Å²) in [6.07, 6.45) is 0.600. The number of pyridine rings is 1. The van der Waals surface area contributed by atoms with E-state index in [1.54, 1.807) is 0 Å². The van der Waals surface area contributed by atoms with Crippen LogP contribution < -0.4 is 5.32 Å². The predicted molar refractivity (Wildman–Crippen MR) is 116 cm³/mol. The average Bonchev–Trinajstić information content (AvgIpc) is 3.07.